The highest BCUT2D eigenvalue weighted by atomic mass is 16.5. The second-order valence-corrected chi connectivity index (χ2v) is 5.99. The molecule has 3 nitrogen and oxygen atoms in total. The largest absolute Gasteiger partial charge is 0.493 e. The number of fused-ring (bicyclic) bond motifs is 1. The summed E-state index contributed by atoms with van der Waals surface area (Å²) >= 11 is 0. The van der Waals surface area contributed by atoms with Gasteiger partial charge in [-0.2, -0.15) is 0 Å². The Hall–Kier alpha value is -1.35. The minimum atomic E-state index is -0.159. The van der Waals surface area contributed by atoms with Gasteiger partial charge >= 0.3 is 0 Å². The number of para-hydroxylation sites is 1. The molecule has 0 saturated carbocycles. The average Bonchev–Trinajstić information content (AvgIpc) is 2.87. The van der Waals surface area contributed by atoms with Crippen molar-refractivity contribution in [3.8, 4) is 5.75 Å². The number of Topliss-reactive ketones (excluding diaryl/α,β-unsaturated/α-hetero) is 1. The molecule has 1 aromatic rings. The second kappa shape index (κ2) is 4.97. The first-order valence-corrected chi connectivity index (χ1v) is 7.15. The van der Waals surface area contributed by atoms with Crippen LogP contribution in [0.4, 0.5) is 0 Å². The van der Waals surface area contributed by atoms with Gasteiger partial charge in [-0.15, -0.1) is 0 Å². The third-order valence-electron chi connectivity index (χ3n) is 4.56. The van der Waals surface area contributed by atoms with Crippen LogP contribution in [-0.2, 0) is 4.79 Å². The molecule has 2 aliphatic heterocycles. The van der Waals surface area contributed by atoms with Gasteiger partial charge in [0.25, 0.3) is 0 Å². The van der Waals surface area contributed by atoms with Crippen molar-refractivity contribution in [3.63, 3.8) is 0 Å². The van der Waals surface area contributed by atoms with Crippen molar-refractivity contribution in [2.75, 3.05) is 19.7 Å². The SMILES string of the molecule is CC1(C(=O)CC2CCOc3ccccc32)CCNC1. The van der Waals surface area contributed by atoms with Crippen molar-refractivity contribution >= 4 is 5.78 Å². The number of ketones is 1. The molecule has 2 heterocycles. The highest BCUT2D eigenvalue weighted by Gasteiger charge is 2.37. The van der Waals surface area contributed by atoms with Crippen molar-refractivity contribution in [3.05, 3.63) is 29.8 Å². The number of hydrogen-bond acceptors (Lipinski definition) is 3. The molecule has 19 heavy (non-hydrogen) atoms. The van der Waals surface area contributed by atoms with Gasteiger partial charge in [-0.25, -0.2) is 0 Å². The van der Waals surface area contributed by atoms with Crippen LogP contribution >= 0.6 is 0 Å². The third kappa shape index (κ3) is 2.39. The fraction of sp³-hybridized carbons (Fsp3) is 0.562. The molecule has 0 aliphatic carbocycles. The predicted octanol–water partition coefficient (Wildman–Crippen LogP) is 2.51. The molecule has 1 aromatic carbocycles. The van der Waals surface area contributed by atoms with Crippen LogP contribution in [0.2, 0.25) is 0 Å². The quantitative estimate of drug-likeness (QED) is 0.906. The van der Waals surface area contributed by atoms with Crippen molar-refractivity contribution in [2.45, 2.75) is 32.1 Å². The van der Waals surface area contributed by atoms with E-state index in [0.29, 0.717) is 18.1 Å². The van der Waals surface area contributed by atoms with Crippen LogP contribution < -0.4 is 10.1 Å². The fourth-order valence-electron chi connectivity index (χ4n) is 3.15. The maximum atomic E-state index is 12.6. The van der Waals surface area contributed by atoms with Crippen molar-refractivity contribution in [2.24, 2.45) is 5.41 Å². The Bertz CT molecular complexity index is 477. The summed E-state index contributed by atoms with van der Waals surface area (Å²) in [6, 6.07) is 8.13. The number of benzene rings is 1. The van der Waals surface area contributed by atoms with Crippen LogP contribution in [0.25, 0.3) is 0 Å². The first-order valence-electron chi connectivity index (χ1n) is 7.15. The Kier molecular flexibility index (Phi) is 3.31. The Labute approximate surface area is 114 Å². The lowest BCUT2D eigenvalue weighted by Crippen LogP contribution is -2.32. The molecule has 0 amide bonds. The molecule has 0 bridgehead atoms. The Morgan fingerprint density at radius 3 is 3.11 bits per heavy atom. The number of ether oxygens (including phenoxy) is 1. The van der Waals surface area contributed by atoms with Crippen molar-refractivity contribution in [1.29, 1.82) is 0 Å². The fourth-order valence-corrected chi connectivity index (χ4v) is 3.15. The molecule has 3 heteroatoms. The molecular weight excluding hydrogens is 238 g/mol. The van der Waals surface area contributed by atoms with Gasteiger partial charge in [0, 0.05) is 18.4 Å². The summed E-state index contributed by atoms with van der Waals surface area (Å²) in [4.78, 5) is 12.6. The van der Waals surface area contributed by atoms with E-state index in [1.54, 1.807) is 0 Å². The van der Waals surface area contributed by atoms with E-state index in [1.807, 2.05) is 18.2 Å². The van der Waals surface area contributed by atoms with Crippen LogP contribution in [0, 0.1) is 5.41 Å². The summed E-state index contributed by atoms with van der Waals surface area (Å²) in [5.41, 5.74) is 1.05. The molecule has 2 atom stereocenters. The van der Waals surface area contributed by atoms with E-state index >= 15 is 0 Å². The summed E-state index contributed by atoms with van der Waals surface area (Å²) in [7, 11) is 0. The number of rotatable bonds is 3. The average molecular weight is 259 g/mol. The van der Waals surface area contributed by atoms with Crippen LogP contribution in [0.1, 0.15) is 37.7 Å². The smallest absolute Gasteiger partial charge is 0.140 e. The minimum absolute atomic E-state index is 0.159. The number of carbonyl (C=O) groups is 1. The summed E-state index contributed by atoms with van der Waals surface area (Å²) in [6.45, 7) is 4.62. The zero-order valence-electron chi connectivity index (χ0n) is 11.4. The van der Waals surface area contributed by atoms with Crippen LogP contribution in [0.3, 0.4) is 0 Å². The molecule has 1 fully saturated rings. The molecule has 2 aliphatic rings. The topological polar surface area (TPSA) is 38.3 Å². The lowest BCUT2D eigenvalue weighted by molar-refractivity contribution is -0.127. The highest BCUT2D eigenvalue weighted by molar-refractivity contribution is 5.86. The van der Waals surface area contributed by atoms with Crippen LogP contribution in [0.15, 0.2) is 24.3 Å². The summed E-state index contributed by atoms with van der Waals surface area (Å²) in [5, 5.41) is 3.30. The normalized spacial score (nSPS) is 29.6. The standard InChI is InChI=1S/C16H21NO2/c1-16(7-8-17-11-16)15(18)10-12-6-9-19-14-5-3-2-4-13(12)14/h2-5,12,17H,6-11H2,1H3. The van der Waals surface area contributed by atoms with E-state index in [2.05, 4.69) is 18.3 Å². The maximum Gasteiger partial charge on any atom is 0.140 e. The summed E-state index contributed by atoms with van der Waals surface area (Å²) in [6.07, 6.45) is 2.57. The summed E-state index contributed by atoms with van der Waals surface area (Å²) in [5.74, 6) is 1.69. The van der Waals surface area contributed by atoms with Gasteiger partial charge in [-0.3, -0.25) is 4.79 Å². The highest BCUT2D eigenvalue weighted by Crippen LogP contribution is 2.38. The number of hydrogen-bond donors (Lipinski definition) is 1. The lowest BCUT2D eigenvalue weighted by Gasteiger charge is -2.28. The number of carbonyl (C=O) groups excluding carboxylic acids is 1. The van der Waals surface area contributed by atoms with E-state index < -0.39 is 0 Å². The summed E-state index contributed by atoms with van der Waals surface area (Å²) < 4.78 is 5.66. The van der Waals surface area contributed by atoms with Crippen molar-refractivity contribution < 1.29 is 9.53 Å². The second-order valence-electron chi connectivity index (χ2n) is 5.99. The van der Waals surface area contributed by atoms with Gasteiger partial charge in [0.2, 0.25) is 0 Å². The van der Waals surface area contributed by atoms with Gasteiger partial charge < -0.3 is 10.1 Å². The van der Waals surface area contributed by atoms with Crippen LogP contribution in [0.5, 0.6) is 5.75 Å². The number of nitrogens with one attached hydrogen (secondary N) is 1. The Balaban J connectivity index is 1.76. The Morgan fingerprint density at radius 1 is 1.47 bits per heavy atom. The van der Waals surface area contributed by atoms with E-state index in [4.69, 9.17) is 4.74 Å². The van der Waals surface area contributed by atoms with Crippen molar-refractivity contribution in [1.82, 2.24) is 5.32 Å². The Morgan fingerprint density at radius 2 is 2.32 bits per heavy atom. The first-order chi connectivity index (χ1) is 9.19. The molecule has 0 aromatic heterocycles. The molecule has 1 N–H and O–H groups in total. The van der Waals surface area contributed by atoms with E-state index in [9.17, 15) is 4.79 Å². The van der Waals surface area contributed by atoms with E-state index in [0.717, 1.165) is 38.3 Å². The molecule has 1 saturated heterocycles. The molecule has 0 radical (unpaired) electrons. The zero-order chi connectivity index (χ0) is 13.3. The molecule has 3 rings (SSSR count). The third-order valence-corrected chi connectivity index (χ3v) is 4.56. The molecule has 2 unspecified atom stereocenters. The first kappa shape index (κ1) is 12.7. The molecule has 0 spiro atoms. The van der Waals surface area contributed by atoms with Gasteiger partial charge in [0.15, 0.2) is 0 Å². The minimum Gasteiger partial charge on any atom is -0.493 e. The van der Waals surface area contributed by atoms with Gasteiger partial charge in [-0.1, -0.05) is 25.1 Å². The predicted molar refractivity (Wildman–Crippen MR) is 74.5 cm³/mol. The monoisotopic (exact) mass is 259 g/mol. The molecular formula is C16H21NO2. The lowest BCUT2D eigenvalue weighted by atomic mass is 9.78. The van der Waals surface area contributed by atoms with E-state index in [-0.39, 0.29) is 5.41 Å². The van der Waals surface area contributed by atoms with Gasteiger partial charge in [0.1, 0.15) is 11.5 Å². The van der Waals surface area contributed by atoms with Gasteiger partial charge in [-0.05, 0) is 36.9 Å². The van der Waals surface area contributed by atoms with Crippen LogP contribution in [-0.4, -0.2) is 25.5 Å². The maximum absolute atomic E-state index is 12.6. The van der Waals surface area contributed by atoms with E-state index in [1.165, 1.54) is 5.56 Å². The van der Waals surface area contributed by atoms with Gasteiger partial charge in [0.05, 0.1) is 6.61 Å². The zero-order valence-corrected chi connectivity index (χ0v) is 11.4. The molecule has 102 valence electrons.